The van der Waals surface area contributed by atoms with Gasteiger partial charge in [-0.2, -0.15) is 10.2 Å². The molecule has 0 radical (unpaired) electrons. The topological polar surface area (TPSA) is 65.8 Å². The maximum Gasteiger partial charge on any atom is 0.220 e. The number of hydrogen-bond acceptors (Lipinski definition) is 4. The molecule has 1 amide bonds. The summed E-state index contributed by atoms with van der Waals surface area (Å²) in [7, 11) is 0. The highest BCUT2D eigenvalue weighted by Gasteiger charge is 2.39. The van der Waals surface area contributed by atoms with Crippen LogP contribution in [0.1, 0.15) is 43.6 Å². The average Bonchev–Trinajstić information content (AvgIpc) is 3.44. The molecule has 2 N–H and O–H groups in total. The van der Waals surface area contributed by atoms with Crippen LogP contribution in [0.3, 0.4) is 0 Å². The molecule has 2 atom stereocenters. The number of nitrogens with one attached hydrogen (secondary N) is 2. The number of rotatable bonds is 8. The van der Waals surface area contributed by atoms with Crippen molar-refractivity contribution in [2.45, 2.75) is 43.7 Å². The Balaban J connectivity index is 1.47. The van der Waals surface area contributed by atoms with Crippen molar-refractivity contribution < 1.29 is 9.18 Å². The average molecular weight is 356 g/mol. The van der Waals surface area contributed by atoms with Crippen LogP contribution in [-0.4, -0.2) is 31.2 Å². The molecule has 6 heteroatoms. The van der Waals surface area contributed by atoms with Gasteiger partial charge in [-0.15, -0.1) is 12.3 Å². The van der Waals surface area contributed by atoms with Gasteiger partial charge in [0.15, 0.2) is 5.66 Å². The molecule has 1 aromatic carbocycles. The van der Waals surface area contributed by atoms with Crippen LogP contribution in [0.25, 0.3) is 0 Å². The van der Waals surface area contributed by atoms with E-state index in [4.69, 9.17) is 6.42 Å². The fraction of sp³-hybridized carbons (Fsp3) is 0.550. The summed E-state index contributed by atoms with van der Waals surface area (Å²) < 4.78 is 13.2. The first-order valence-corrected chi connectivity index (χ1v) is 9.22. The Labute approximate surface area is 153 Å². The molecule has 0 saturated carbocycles. The molecule has 1 aromatic rings. The van der Waals surface area contributed by atoms with E-state index in [0.29, 0.717) is 37.6 Å². The Bertz CT molecular complexity index is 689. The molecule has 26 heavy (non-hydrogen) atoms. The van der Waals surface area contributed by atoms with Crippen LogP contribution in [0.4, 0.5) is 4.39 Å². The Morgan fingerprint density at radius 2 is 2.12 bits per heavy atom. The van der Waals surface area contributed by atoms with E-state index in [-0.39, 0.29) is 11.7 Å². The quantitative estimate of drug-likeness (QED) is 0.703. The summed E-state index contributed by atoms with van der Waals surface area (Å²) in [6.45, 7) is 2.39. The highest BCUT2D eigenvalue weighted by molar-refractivity contribution is 5.76. The molecule has 1 saturated heterocycles. The molecule has 2 aliphatic rings. The zero-order valence-corrected chi connectivity index (χ0v) is 14.9. The van der Waals surface area contributed by atoms with Crippen molar-refractivity contribution in [2.24, 2.45) is 16.1 Å². The smallest absolute Gasteiger partial charge is 0.220 e. The van der Waals surface area contributed by atoms with Crippen molar-refractivity contribution in [3.05, 3.63) is 35.6 Å². The Kier molecular flexibility index (Phi) is 6.00. The first kappa shape index (κ1) is 18.5. The summed E-state index contributed by atoms with van der Waals surface area (Å²) in [5, 5.41) is 14.6. The molecule has 0 aromatic heterocycles. The Morgan fingerprint density at radius 1 is 1.35 bits per heavy atom. The number of halogens is 1. The van der Waals surface area contributed by atoms with E-state index >= 15 is 0 Å². The SMILES string of the molecule is C#CCCC1(CCC(=O)NC[C@H]2CNCC[C@H]2c2ccc(F)cc2)N=N1. The molecular weight excluding hydrogens is 331 g/mol. The van der Waals surface area contributed by atoms with Crippen LogP contribution in [0.15, 0.2) is 34.5 Å². The lowest BCUT2D eigenvalue weighted by Crippen LogP contribution is -2.42. The zero-order valence-electron chi connectivity index (χ0n) is 14.9. The van der Waals surface area contributed by atoms with E-state index < -0.39 is 5.66 Å². The lowest BCUT2D eigenvalue weighted by atomic mass is 9.81. The number of carbonyl (C=O) groups excluding carboxylic acids is 1. The lowest BCUT2D eigenvalue weighted by Gasteiger charge is -2.32. The molecule has 1 fully saturated rings. The van der Waals surface area contributed by atoms with Crippen molar-refractivity contribution >= 4 is 5.91 Å². The number of amides is 1. The van der Waals surface area contributed by atoms with Gasteiger partial charge in [0.25, 0.3) is 0 Å². The van der Waals surface area contributed by atoms with Gasteiger partial charge < -0.3 is 10.6 Å². The minimum atomic E-state index is -0.410. The van der Waals surface area contributed by atoms with Crippen LogP contribution >= 0.6 is 0 Å². The highest BCUT2D eigenvalue weighted by atomic mass is 19.1. The second-order valence-electron chi connectivity index (χ2n) is 7.10. The van der Waals surface area contributed by atoms with E-state index in [0.717, 1.165) is 31.5 Å². The zero-order chi connectivity index (χ0) is 18.4. The molecule has 0 bridgehead atoms. The van der Waals surface area contributed by atoms with E-state index in [1.165, 1.54) is 12.1 Å². The predicted molar refractivity (Wildman–Crippen MR) is 98.0 cm³/mol. The number of hydrogen-bond donors (Lipinski definition) is 2. The van der Waals surface area contributed by atoms with Crippen LogP contribution in [0, 0.1) is 24.1 Å². The Morgan fingerprint density at radius 3 is 2.81 bits per heavy atom. The lowest BCUT2D eigenvalue weighted by molar-refractivity contribution is -0.121. The fourth-order valence-corrected chi connectivity index (χ4v) is 3.60. The third-order valence-corrected chi connectivity index (χ3v) is 5.27. The molecule has 3 rings (SSSR count). The monoisotopic (exact) mass is 356 g/mol. The summed E-state index contributed by atoms with van der Waals surface area (Å²) in [5.74, 6) is 3.01. The van der Waals surface area contributed by atoms with Crippen LogP contribution in [-0.2, 0) is 4.79 Å². The van der Waals surface area contributed by atoms with Gasteiger partial charge in [-0.25, -0.2) is 4.39 Å². The third kappa shape index (κ3) is 4.89. The van der Waals surface area contributed by atoms with E-state index in [1.807, 2.05) is 12.1 Å². The first-order valence-electron chi connectivity index (χ1n) is 9.22. The van der Waals surface area contributed by atoms with Crippen molar-refractivity contribution in [3.8, 4) is 12.3 Å². The summed E-state index contributed by atoms with van der Waals surface area (Å²) in [4.78, 5) is 12.2. The molecule has 2 heterocycles. The molecular formula is C20H25FN4O. The number of nitrogens with zero attached hydrogens (tertiary/aromatic N) is 2. The second kappa shape index (κ2) is 8.41. The van der Waals surface area contributed by atoms with Gasteiger partial charge in [-0.05, 0) is 42.5 Å². The Hall–Kier alpha value is -2.26. The minimum Gasteiger partial charge on any atom is -0.356 e. The van der Waals surface area contributed by atoms with Crippen LogP contribution < -0.4 is 10.6 Å². The maximum absolute atomic E-state index is 13.2. The van der Waals surface area contributed by atoms with Gasteiger partial charge in [0.05, 0.1) is 0 Å². The molecule has 0 spiro atoms. The summed E-state index contributed by atoms with van der Waals surface area (Å²) >= 11 is 0. The van der Waals surface area contributed by atoms with Crippen LogP contribution in [0.2, 0.25) is 0 Å². The van der Waals surface area contributed by atoms with Crippen molar-refractivity contribution in [1.29, 1.82) is 0 Å². The summed E-state index contributed by atoms with van der Waals surface area (Å²) in [6.07, 6.45) is 8.63. The van der Waals surface area contributed by atoms with Gasteiger partial charge in [0.1, 0.15) is 5.82 Å². The van der Waals surface area contributed by atoms with Crippen molar-refractivity contribution in [2.75, 3.05) is 19.6 Å². The van der Waals surface area contributed by atoms with E-state index in [9.17, 15) is 9.18 Å². The number of benzene rings is 1. The molecule has 5 nitrogen and oxygen atoms in total. The van der Waals surface area contributed by atoms with E-state index in [2.05, 4.69) is 26.8 Å². The number of piperidine rings is 1. The van der Waals surface area contributed by atoms with Gasteiger partial charge in [-0.3, -0.25) is 4.79 Å². The molecule has 2 aliphatic heterocycles. The van der Waals surface area contributed by atoms with Gasteiger partial charge in [0.2, 0.25) is 5.91 Å². The van der Waals surface area contributed by atoms with E-state index in [1.54, 1.807) is 0 Å². The molecule has 0 unspecified atom stereocenters. The molecule has 0 aliphatic carbocycles. The largest absolute Gasteiger partial charge is 0.356 e. The normalized spacial score (nSPS) is 23.2. The highest BCUT2D eigenvalue weighted by Crippen LogP contribution is 2.37. The van der Waals surface area contributed by atoms with Crippen LogP contribution in [0.5, 0.6) is 0 Å². The summed E-state index contributed by atoms with van der Waals surface area (Å²) in [5.41, 5.74) is 0.725. The minimum absolute atomic E-state index is 0.0193. The third-order valence-electron chi connectivity index (χ3n) is 5.27. The molecule has 138 valence electrons. The first-order chi connectivity index (χ1) is 12.6. The van der Waals surface area contributed by atoms with Crippen molar-refractivity contribution in [1.82, 2.24) is 10.6 Å². The maximum atomic E-state index is 13.2. The van der Waals surface area contributed by atoms with Gasteiger partial charge in [0, 0.05) is 38.8 Å². The second-order valence-corrected chi connectivity index (χ2v) is 7.10. The summed E-state index contributed by atoms with van der Waals surface area (Å²) in [6, 6.07) is 6.72. The predicted octanol–water partition coefficient (Wildman–Crippen LogP) is 2.99. The van der Waals surface area contributed by atoms with Crippen molar-refractivity contribution in [3.63, 3.8) is 0 Å². The number of carbonyl (C=O) groups is 1. The van der Waals surface area contributed by atoms with Gasteiger partial charge in [-0.1, -0.05) is 12.1 Å². The number of terminal acetylenes is 1. The fourth-order valence-electron chi connectivity index (χ4n) is 3.60. The van der Waals surface area contributed by atoms with Gasteiger partial charge >= 0.3 is 0 Å². The standard InChI is InChI=1S/C20H25FN4O/c1-2-3-10-20(24-25-20)11-8-19(26)23-14-16-13-22-12-9-18(16)15-4-6-17(21)7-5-15/h1,4-7,16,18,22H,3,8-14H2,(H,23,26)/t16-,18+/m1/s1.